The first-order chi connectivity index (χ1) is 14.5. The Morgan fingerprint density at radius 2 is 2.10 bits per heavy atom. The molecule has 4 atom stereocenters. The molecule has 0 radical (unpaired) electrons. The van der Waals surface area contributed by atoms with Gasteiger partial charge in [0.25, 0.3) is 0 Å². The molecule has 1 fully saturated rings. The minimum Gasteiger partial charge on any atom is -0.616 e. The minimum atomic E-state index is -0.964. The average molecular weight is 427 g/mol. The molecule has 3 aliphatic rings. The molecular formula is C23H26N2O4S. The smallest absolute Gasteiger partial charge is 0.407 e. The van der Waals surface area contributed by atoms with Crippen LogP contribution in [0, 0.1) is 6.92 Å². The maximum atomic E-state index is 13.0. The van der Waals surface area contributed by atoms with Crippen molar-refractivity contribution in [3.63, 3.8) is 0 Å². The number of amides is 1. The van der Waals surface area contributed by atoms with Crippen molar-refractivity contribution >= 4 is 23.0 Å². The van der Waals surface area contributed by atoms with Crippen LogP contribution in [0.3, 0.4) is 0 Å². The largest absolute Gasteiger partial charge is 0.616 e. The molecule has 3 heterocycles. The summed E-state index contributed by atoms with van der Waals surface area (Å²) in [5.41, 5.74) is 5.82. The van der Waals surface area contributed by atoms with Gasteiger partial charge in [-0.3, -0.25) is 0 Å². The highest BCUT2D eigenvalue weighted by Crippen LogP contribution is 2.52. The predicted octanol–water partition coefficient (Wildman–Crippen LogP) is 3.66. The Kier molecular flexibility index (Phi) is 4.82. The summed E-state index contributed by atoms with van der Waals surface area (Å²) in [5, 5.41) is 9.55. The van der Waals surface area contributed by atoms with Gasteiger partial charge >= 0.3 is 6.09 Å². The molecule has 6 nitrogen and oxygen atoms in total. The highest BCUT2D eigenvalue weighted by Gasteiger charge is 2.49. The van der Waals surface area contributed by atoms with Crippen LogP contribution in [0.25, 0.3) is 0 Å². The predicted molar refractivity (Wildman–Crippen MR) is 117 cm³/mol. The van der Waals surface area contributed by atoms with Gasteiger partial charge in [0.05, 0.1) is 13.2 Å². The Labute approximate surface area is 179 Å². The lowest BCUT2D eigenvalue weighted by molar-refractivity contribution is 0.126. The summed E-state index contributed by atoms with van der Waals surface area (Å²) < 4.78 is 18.4. The standard InChI is InChI=1S/C23H26N2O4S/c1-14-10-16(29-2)6-7-17(14)21-13-30(28)12-15-4-3-5-18-19-11-24(23(26)27)9-8-20(19)25(21)22(15)18/h3-7,10,19-21H,8-9,11-13H2,1-2H3,(H,26,27)/t19-,20-,21?,30?/m0/s1. The fourth-order valence-corrected chi connectivity index (χ4v) is 6.91. The zero-order valence-electron chi connectivity index (χ0n) is 17.2. The van der Waals surface area contributed by atoms with Crippen molar-refractivity contribution in [2.24, 2.45) is 0 Å². The Hall–Kier alpha value is -2.38. The number of para-hydroxylation sites is 1. The van der Waals surface area contributed by atoms with Gasteiger partial charge in [-0.05, 0) is 53.3 Å². The Bertz CT molecular complexity index is 997. The van der Waals surface area contributed by atoms with E-state index in [1.54, 1.807) is 12.0 Å². The van der Waals surface area contributed by atoms with Gasteiger partial charge in [0.1, 0.15) is 17.3 Å². The fourth-order valence-electron chi connectivity index (χ4n) is 5.52. The Morgan fingerprint density at radius 3 is 2.83 bits per heavy atom. The van der Waals surface area contributed by atoms with Gasteiger partial charge in [-0.2, -0.15) is 0 Å². The molecule has 0 saturated carbocycles. The number of carbonyl (C=O) groups is 1. The van der Waals surface area contributed by atoms with Gasteiger partial charge < -0.3 is 24.2 Å². The van der Waals surface area contributed by atoms with E-state index in [9.17, 15) is 14.5 Å². The molecule has 1 saturated heterocycles. The van der Waals surface area contributed by atoms with E-state index in [1.807, 2.05) is 18.2 Å². The van der Waals surface area contributed by atoms with Crippen molar-refractivity contribution in [1.29, 1.82) is 0 Å². The van der Waals surface area contributed by atoms with Crippen LogP contribution in [0.2, 0.25) is 0 Å². The molecule has 1 N–H and O–H groups in total. The highest BCUT2D eigenvalue weighted by molar-refractivity contribution is 7.90. The van der Waals surface area contributed by atoms with Crippen LogP contribution in [-0.2, 0) is 16.9 Å². The van der Waals surface area contributed by atoms with Crippen molar-refractivity contribution < 1.29 is 19.2 Å². The fraction of sp³-hybridized carbons (Fsp3) is 0.435. The molecule has 2 unspecified atom stereocenters. The molecular weight excluding hydrogens is 400 g/mol. The third-order valence-electron chi connectivity index (χ3n) is 6.84. The second kappa shape index (κ2) is 7.39. The van der Waals surface area contributed by atoms with Crippen molar-refractivity contribution in [3.8, 4) is 5.75 Å². The second-order valence-corrected chi connectivity index (χ2v) is 9.94. The van der Waals surface area contributed by atoms with Crippen molar-refractivity contribution in [2.45, 2.75) is 37.1 Å². The van der Waals surface area contributed by atoms with Gasteiger partial charge in [0.2, 0.25) is 0 Å². The number of anilines is 1. The molecule has 0 bridgehead atoms. The third-order valence-corrected chi connectivity index (χ3v) is 8.17. The van der Waals surface area contributed by atoms with Gasteiger partial charge in [0, 0.05) is 36.3 Å². The summed E-state index contributed by atoms with van der Waals surface area (Å²) in [6, 6.07) is 12.6. The van der Waals surface area contributed by atoms with E-state index < -0.39 is 17.3 Å². The maximum absolute atomic E-state index is 13.0. The zero-order chi connectivity index (χ0) is 21.0. The van der Waals surface area contributed by atoms with Crippen LogP contribution >= 0.6 is 0 Å². The number of aryl methyl sites for hydroxylation is 1. The van der Waals surface area contributed by atoms with Crippen LogP contribution in [-0.4, -0.2) is 52.6 Å². The van der Waals surface area contributed by atoms with E-state index in [4.69, 9.17) is 4.74 Å². The number of hydrogen-bond donors (Lipinski definition) is 1. The Morgan fingerprint density at radius 1 is 1.27 bits per heavy atom. The Balaban J connectivity index is 1.63. The SMILES string of the molecule is COc1ccc(C2C[S+]([O-])Cc3cccc4c3N2[C@H]2CCN(C(=O)O)C[C@@H]42)c(C)c1. The number of fused-ring (bicyclic) bond motifs is 3. The molecule has 0 aliphatic carbocycles. The van der Waals surface area contributed by atoms with E-state index in [0.717, 1.165) is 23.3 Å². The molecule has 0 aromatic heterocycles. The van der Waals surface area contributed by atoms with Gasteiger partial charge in [-0.25, -0.2) is 4.79 Å². The lowest BCUT2D eigenvalue weighted by atomic mass is 9.88. The maximum Gasteiger partial charge on any atom is 0.407 e. The zero-order valence-corrected chi connectivity index (χ0v) is 18.0. The summed E-state index contributed by atoms with van der Waals surface area (Å²) >= 11 is -0.964. The first kappa shape index (κ1) is 19.6. The molecule has 5 rings (SSSR count). The van der Waals surface area contributed by atoms with Crippen molar-refractivity contribution in [2.75, 3.05) is 30.9 Å². The highest BCUT2D eigenvalue weighted by atomic mass is 32.2. The van der Waals surface area contributed by atoms with Crippen LogP contribution in [0.5, 0.6) is 5.75 Å². The van der Waals surface area contributed by atoms with Crippen LogP contribution in [0.15, 0.2) is 36.4 Å². The van der Waals surface area contributed by atoms with Crippen molar-refractivity contribution in [3.05, 3.63) is 58.7 Å². The number of ether oxygens (including phenoxy) is 1. The first-order valence-corrected chi connectivity index (χ1v) is 11.8. The number of nitrogens with zero attached hydrogens (tertiary/aromatic N) is 2. The van der Waals surface area contributed by atoms with Crippen LogP contribution in [0.4, 0.5) is 10.5 Å². The van der Waals surface area contributed by atoms with Crippen molar-refractivity contribution in [1.82, 2.24) is 4.90 Å². The normalized spacial score (nSPS) is 27.3. The number of piperidine rings is 1. The molecule has 1 amide bonds. The summed E-state index contributed by atoms with van der Waals surface area (Å²) in [7, 11) is 1.67. The summed E-state index contributed by atoms with van der Waals surface area (Å²) in [5.74, 6) is 2.10. The summed E-state index contributed by atoms with van der Waals surface area (Å²) in [4.78, 5) is 15.7. The number of carboxylic acid groups (broad SMARTS) is 1. The van der Waals surface area contributed by atoms with E-state index in [1.165, 1.54) is 16.8 Å². The van der Waals surface area contributed by atoms with E-state index in [2.05, 4.69) is 30.0 Å². The summed E-state index contributed by atoms with van der Waals surface area (Å²) in [6.45, 7) is 3.14. The average Bonchev–Trinajstić information content (AvgIpc) is 2.98. The molecule has 30 heavy (non-hydrogen) atoms. The topological polar surface area (TPSA) is 76.1 Å². The van der Waals surface area contributed by atoms with E-state index in [0.29, 0.717) is 24.6 Å². The monoisotopic (exact) mass is 426 g/mol. The molecule has 7 heteroatoms. The number of hydrogen-bond acceptors (Lipinski definition) is 4. The summed E-state index contributed by atoms with van der Waals surface area (Å²) in [6.07, 6.45) is -0.0657. The molecule has 2 aromatic rings. The lowest BCUT2D eigenvalue weighted by Gasteiger charge is -2.41. The number of methoxy groups -OCH3 is 1. The van der Waals surface area contributed by atoms with Crippen LogP contribution < -0.4 is 9.64 Å². The minimum absolute atomic E-state index is 0.00511. The number of benzene rings is 2. The lowest BCUT2D eigenvalue weighted by Crippen LogP contribution is -2.49. The first-order valence-electron chi connectivity index (χ1n) is 10.4. The second-order valence-electron chi connectivity index (χ2n) is 8.44. The molecule has 2 aromatic carbocycles. The van der Waals surface area contributed by atoms with Crippen LogP contribution in [0.1, 0.15) is 40.6 Å². The quantitative estimate of drug-likeness (QED) is 0.742. The number of likely N-dealkylation sites (tertiary alicyclic amines) is 1. The van der Waals surface area contributed by atoms with E-state index in [-0.39, 0.29) is 18.0 Å². The van der Waals surface area contributed by atoms with Gasteiger partial charge in [-0.1, -0.05) is 24.3 Å². The molecule has 0 spiro atoms. The number of rotatable bonds is 2. The molecule has 158 valence electrons. The van der Waals surface area contributed by atoms with Gasteiger partial charge in [-0.15, -0.1) is 0 Å². The van der Waals surface area contributed by atoms with Gasteiger partial charge in [0.15, 0.2) is 0 Å². The molecule has 3 aliphatic heterocycles. The third kappa shape index (κ3) is 3.03. The van der Waals surface area contributed by atoms with E-state index >= 15 is 0 Å².